The van der Waals surface area contributed by atoms with Gasteiger partial charge in [0.1, 0.15) is 11.6 Å². The van der Waals surface area contributed by atoms with Crippen LogP contribution in [0.1, 0.15) is 31.7 Å². The van der Waals surface area contributed by atoms with E-state index < -0.39 is 0 Å². The summed E-state index contributed by atoms with van der Waals surface area (Å²) in [7, 11) is 0. The van der Waals surface area contributed by atoms with Gasteiger partial charge >= 0.3 is 0 Å². The molecule has 2 rings (SSSR count). The zero-order valence-corrected chi connectivity index (χ0v) is 11.6. The van der Waals surface area contributed by atoms with Crippen LogP contribution in [0.15, 0.2) is 23.1 Å². The van der Waals surface area contributed by atoms with E-state index in [4.69, 9.17) is 15.9 Å². The lowest BCUT2D eigenvalue weighted by molar-refractivity contribution is 0.301. The Bertz CT molecular complexity index is 430. The molecular weight excluding hydrogens is 244 g/mol. The first-order chi connectivity index (χ1) is 8.72. The van der Waals surface area contributed by atoms with Crippen LogP contribution in [0, 0.1) is 11.3 Å². The van der Waals surface area contributed by atoms with Crippen LogP contribution in [0.2, 0.25) is 0 Å². The number of ether oxygens (including phenoxy) is 1. The monoisotopic (exact) mass is 264 g/mol. The second-order valence-corrected chi connectivity index (χ2v) is 5.86. The smallest absolute Gasteiger partial charge is 0.131 e. The van der Waals surface area contributed by atoms with Gasteiger partial charge < -0.3 is 10.5 Å². The number of hydrogen-bond donors (Lipinski definition) is 2. The van der Waals surface area contributed by atoms with E-state index in [2.05, 4.69) is 6.92 Å². The lowest BCUT2D eigenvalue weighted by Gasteiger charge is -2.13. The Balaban J connectivity index is 2.10. The van der Waals surface area contributed by atoms with Gasteiger partial charge in [0, 0.05) is 4.90 Å². The number of benzene rings is 1. The van der Waals surface area contributed by atoms with Crippen LogP contribution in [0.4, 0.5) is 0 Å². The maximum Gasteiger partial charge on any atom is 0.131 e. The summed E-state index contributed by atoms with van der Waals surface area (Å²) in [6.07, 6.45) is 3.80. The van der Waals surface area contributed by atoms with Crippen molar-refractivity contribution in [2.75, 3.05) is 12.4 Å². The molecular formula is C14H20N2OS. The molecule has 1 aliphatic rings. The van der Waals surface area contributed by atoms with Crippen molar-refractivity contribution in [2.45, 2.75) is 31.1 Å². The highest BCUT2D eigenvalue weighted by Gasteiger charge is 2.21. The lowest BCUT2D eigenvalue weighted by Crippen LogP contribution is -2.15. The van der Waals surface area contributed by atoms with Crippen molar-refractivity contribution in [1.82, 2.24) is 0 Å². The van der Waals surface area contributed by atoms with E-state index in [0.29, 0.717) is 0 Å². The van der Waals surface area contributed by atoms with Crippen LogP contribution < -0.4 is 10.5 Å². The minimum atomic E-state index is 0.0907. The summed E-state index contributed by atoms with van der Waals surface area (Å²) in [5, 5.41) is 7.71. The SMILES string of the molecule is CCSc1cccc(OCCC2CC2)c1C(=N)N. The van der Waals surface area contributed by atoms with Gasteiger partial charge in [-0.3, -0.25) is 5.41 Å². The first kappa shape index (κ1) is 13.3. The highest BCUT2D eigenvalue weighted by atomic mass is 32.2. The average Bonchev–Trinajstić information content (AvgIpc) is 3.13. The van der Waals surface area contributed by atoms with Gasteiger partial charge in [0.25, 0.3) is 0 Å². The quantitative estimate of drug-likeness (QED) is 0.451. The van der Waals surface area contributed by atoms with Crippen LogP contribution in [-0.4, -0.2) is 18.2 Å². The number of nitrogen functional groups attached to an aromatic ring is 1. The molecule has 1 aromatic carbocycles. The van der Waals surface area contributed by atoms with E-state index in [9.17, 15) is 0 Å². The van der Waals surface area contributed by atoms with Crippen molar-refractivity contribution >= 4 is 17.6 Å². The number of nitrogens with one attached hydrogen (secondary N) is 1. The van der Waals surface area contributed by atoms with Gasteiger partial charge in [0.05, 0.1) is 12.2 Å². The van der Waals surface area contributed by atoms with Crippen LogP contribution in [-0.2, 0) is 0 Å². The Morgan fingerprint density at radius 1 is 1.50 bits per heavy atom. The minimum absolute atomic E-state index is 0.0907. The highest BCUT2D eigenvalue weighted by molar-refractivity contribution is 7.99. The van der Waals surface area contributed by atoms with Crippen LogP contribution in [0.25, 0.3) is 0 Å². The Kier molecular flexibility index (Phi) is 4.53. The first-order valence-electron chi connectivity index (χ1n) is 6.45. The third-order valence-corrected chi connectivity index (χ3v) is 3.98. The normalized spacial score (nSPS) is 14.5. The molecule has 0 bridgehead atoms. The average molecular weight is 264 g/mol. The van der Waals surface area contributed by atoms with Gasteiger partial charge in [-0.25, -0.2) is 0 Å². The van der Waals surface area contributed by atoms with E-state index in [0.717, 1.165) is 40.9 Å². The fourth-order valence-corrected chi connectivity index (χ4v) is 2.76. The third-order valence-electron chi connectivity index (χ3n) is 3.04. The molecule has 1 fully saturated rings. The molecule has 0 atom stereocenters. The summed E-state index contributed by atoms with van der Waals surface area (Å²) in [4.78, 5) is 1.04. The van der Waals surface area contributed by atoms with Gasteiger partial charge in [-0.05, 0) is 30.2 Å². The van der Waals surface area contributed by atoms with Crippen molar-refractivity contribution in [3.8, 4) is 5.75 Å². The molecule has 18 heavy (non-hydrogen) atoms. The molecule has 1 aromatic rings. The molecule has 3 nitrogen and oxygen atoms in total. The highest BCUT2D eigenvalue weighted by Crippen LogP contribution is 2.33. The van der Waals surface area contributed by atoms with Gasteiger partial charge in [0.15, 0.2) is 0 Å². The van der Waals surface area contributed by atoms with Crippen molar-refractivity contribution in [3.63, 3.8) is 0 Å². The summed E-state index contributed by atoms with van der Waals surface area (Å²) >= 11 is 1.70. The molecule has 0 aliphatic heterocycles. The molecule has 0 heterocycles. The molecule has 3 N–H and O–H groups in total. The summed E-state index contributed by atoms with van der Waals surface area (Å²) in [5.74, 6) is 2.67. The Hall–Kier alpha value is -1.16. The standard InChI is InChI=1S/C14H20N2OS/c1-2-18-12-5-3-4-11(13(12)14(15)16)17-9-8-10-6-7-10/h3-5,10H,2,6-9H2,1H3,(H3,15,16). The number of amidine groups is 1. The van der Waals surface area contributed by atoms with Gasteiger partial charge in [0.2, 0.25) is 0 Å². The van der Waals surface area contributed by atoms with Gasteiger partial charge in [-0.15, -0.1) is 11.8 Å². The number of rotatable bonds is 7. The van der Waals surface area contributed by atoms with Crippen molar-refractivity contribution in [1.29, 1.82) is 5.41 Å². The molecule has 1 aliphatic carbocycles. The fraction of sp³-hybridized carbons (Fsp3) is 0.500. The number of thioether (sulfide) groups is 1. The van der Waals surface area contributed by atoms with Crippen molar-refractivity contribution < 1.29 is 4.74 Å². The van der Waals surface area contributed by atoms with Crippen LogP contribution in [0.3, 0.4) is 0 Å². The molecule has 0 amide bonds. The summed E-state index contributed by atoms with van der Waals surface area (Å²) in [5.41, 5.74) is 6.43. The predicted molar refractivity (Wildman–Crippen MR) is 76.7 cm³/mol. The topological polar surface area (TPSA) is 59.1 Å². The predicted octanol–water partition coefficient (Wildman–Crippen LogP) is 3.26. The second-order valence-electron chi connectivity index (χ2n) is 4.56. The van der Waals surface area contributed by atoms with Gasteiger partial charge in [-0.1, -0.05) is 25.8 Å². The minimum Gasteiger partial charge on any atom is -0.493 e. The van der Waals surface area contributed by atoms with Crippen LogP contribution in [0.5, 0.6) is 5.75 Å². The number of hydrogen-bond acceptors (Lipinski definition) is 3. The summed E-state index contributed by atoms with van der Waals surface area (Å²) < 4.78 is 5.80. The van der Waals surface area contributed by atoms with E-state index in [1.807, 2.05) is 18.2 Å². The van der Waals surface area contributed by atoms with E-state index in [1.54, 1.807) is 11.8 Å². The molecule has 0 radical (unpaired) electrons. The molecule has 4 heteroatoms. The Morgan fingerprint density at radius 3 is 2.89 bits per heavy atom. The van der Waals surface area contributed by atoms with Crippen molar-refractivity contribution in [2.24, 2.45) is 11.7 Å². The molecule has 98 valence electrons. The van der Waals surface area contributed by atoms with E-state index in [1.165, 1.54) is 12.8 Å². The third kappa shape index (κ3) is 3.42. The fourth-order valence-electron chi connectivity index (χ4n) is 1.91. The van der Waals surface area contributed by atoms with E-state index in [-0.39, 0.29) is 5.84 Å². The molecule has 0 saturated heterocycles. The first-order valence-corrected chi connectivity index (χ1v) is 7.44. The lowest BCUT2D eigenvalue weighted by atomic mass is 10.2. The Labute approximate surface area is 113 Å². The second kappa shape index (κ2) is 6.14. The molecule has 0 unspecified atom stereocenters. The molecule has 0 aromatic heterocycles. The van der Waals surface area contributed by atoms with E-state index >= 15 is 0 Å². The van der Waals surface area contributed by atoms with Crippen molar-refractivity contribution in [3.05, 3.63) is 23.8 Å². The molecule has 1 saturated carbocycles. The largest absolute Gasteiger partial charge is 0.493 e. The zero-order chi connectivity index (χ0) is 13.0. The summed E-state index contributed by atoms with van der Waals surface area (Å²) in [6, 6.07) is 5.87. The van der Waals surface area contributed by atoms with Gasteiger partial charge in [-0.2, -0.15) is 0 Å². The molecule has 0 spiro atoms. The van der Waals surface area contributed by atoms with Crippen LogP contribution >= 0.6 is 11.8 Å². The maximum atomic E-state index is 7.71. The summed E-state index contributed by atoms with van der Waals surface area (Å²) in [6.45, 7) is 2.82. The Morgan fingerprint density at radius 2 is 2.28 bits per heavy atom. The maximum absolute atomic E-state index is 7.71. The zero-order valence-electron chi connectivity index (χ0n) is 10.7. The number of nitrogens with two attached hydrogens (primary N) is 1.